The van der Waals surface area contributed by atoms with Crippen LogP contribution >= 0.6 is 0 Å². The van der Waals surface area contributed by atoms with Gasteiger partial charge in [-0.1, -0.05) is 13.3 Å². The van der Waals surface area contributed by atoms with E-state index in [0.29, 0.717) is 31.6 Å². The van der Waals surface area contributed by atoms with E-state index >= 15 is 0 Å². The topological polar surface area (TPSA) is 51.2 Å². The number of likely N-dealkylation sites (tertiary alicyclic amines) is 1. The van der Waals surface area contributed by atoms with Crippen LogP contribution in [0.3, 0.4) is 0 Å². The van der Waals surface area contributed by atoms with Gasteiger partial charge in [0.05, 0.1) is 39.0 Å². The Balaban J connectivity index is 1.39. The molecule has 3 fully saturated rings. The summed E-state index contributed by atoms with van der Waals surface area (Å²) in [6.45, 7) is 9.60. The predicted octanol–water partition coefficient (Wildman–Crippen LogP) is 1.14. The van der Waals surface area contributed by atoms with Crippen molar-refractivity contribution in [1.82, 2.24) is 9.80 Å². The van der Waals surface area contributed by atoms with Crippen molar-refractivity contribution in [2.75, 3.05) is 59.2 Å². The molecule has 3 heterocycles. The van der Waals surface area contributed by atoms with Gasteiger partial charge in [-0.05, 0) is 18.8 Å². The normalized spacial score (nSPS) is 31.7. The van der Waals surface area contributed by atoms with Gasteiger partial charge in [-0.15, -0.1) is 0 Å². The van der Waals surface area contributed by atoms with Gasteiger partial charge in [-0.2, -0.15) is 0 Å². The maximum atomic E-state index is 12.5. The Hall–Kier alpha value is -0.690. The van der Waals surface area contributed by atoms with E-state index in [4.69, 9.17) is 14.2 Å². The lowest BCUT2D eigenvalue weighted by Crippen LogP contribution is -2.47. The summed E-state index contributed by atoms with van der Waals surface area (Å²) < 4.78 is 16.6. The summed E-state index contributed by atoms with van der Waals surface area (Å²) in [6.07, 6.45) is 4.06. The van der Waals surface area contributed by atoms with Gasteiger partial charge in [0, 0.05) is 38.8 Å². The zero-order valence-corrected chi connectivity index (χ0v) is 15.0. The van der Waals surface area contributed by atoms with Crippen molar-refractivity contribution in [3.8, 4) is 0 Å². The molecule has 3 rings (SSSR count). The third-order valence-corrected chi connectivity index (χ3v) is 5.59. The van der Waals surface area contributed by atoms with Gasteiger partial charge in [0.25, 0.3) is 0 Å². The Kier molecular flexibility index (Phi) is 6.89. The highest BCUT2D eigenvalue weighted by atomic mass is 16.5. The highest BCUT2D eigenvalue weighted by Gasteiger charge is 2.37. The van der Waals surface area contributed by atoms with Gasteiger partial charge in [-0.3, -0.25) is 9.69 Å². The molecule has 6 nitrogen and oxygen atoms in total. The molecule has 0 spiro atoms. The molecule has 1 amide bonds. The highest BCUT2D eigenvalue weighted by Crippen LogP contribution is 2.26. The summed E-state index contributed by atoms with van der Waals surface area (Å²) >= 11 is 0. The summed E-state index contributed by atoms with van der Waals surface area (Å²) in [4.78, 5) is 17.1. The van der Waals surface area contributed by atoms with Crippen molar-refractivity contribution >= 4 is 5.91 Å². The molecule has 3 aliphatic rings. The SMILES string of the molecule is CC[C@@H]1CN(C(=O)CCOC[C@H]2CCCO2)C[C@@H]1N1CCOCC1. The van der Waals surface area contributed by atoms with Crippen molar-refractivity contribution in [3.05, 3.63) is 0 Å². The third kappa shape index (κ3) is 4.69. The Morgan fingerprint density at radius 3 is 2.75 bits per heavy atom. The molecule has 24 heavy (non-hydrogen) atoms. The molecule has 3 saturated heterocycles. The lowest BCUT2D eigenvalue weighted by molar-refractivity contribution is -0.131. The Morgan fingerprint density at radius 2 is 2.04 bits per heavy atom. The molecule has 0 N–H and O–H groups in total. The maximum absolute atomic E-state index is 12.5. The van der Waals surface area contributed by atoms with Gasteiger partial charge in [0.2, 0.25) is 5.91 Å². The first-order valence-electron chi connectivity index (χ1n) is 9.57. The molecule has 0 aromatic rings. The number of nitrogens with zero attached hydrogens (tertiary/aromatic N) is 2. The van der Waals surface area contributed by atoms with Gasteiger partial charge < -0.3 is 19.1 Å². The molecule has 3 atom stereocenters. The largest absolute Gasteiger partial charge is 0.379 e. The van der Waals surface area contributed by atoms with E-state index in [1.807, 2.05) is 4.90 Å². The fourth-order valence-electron chi connectivity index (χ4n) is 4.09. The molecule has 3 aliphatic heterocycles. The number of carbonyl (C=O) groups is 1. The number of morpholine rings is 1. The smallest absolute Gasteiger partial charge is 0.224 e. The van der Waals surface area contributed by atoms with Crippen LogP contribution in [-0.2, 0) is 19.0 Å². The minimum Gasteiger partial charge on any atom is -0.379 e. The van der Waals surface area contributed by atoms with Gasteiger partial charge in [0.1, 0.15) is 0 Å². The van der Waals surface area contributed by atoms with Gasteiger partial charge in [-0.25, -0.2) is 0 Å². The number of hydrogen-bond acceptors (Lipinski definition) is 5. The average Bonchev–Trinajstić information content (AvgIpc) is 3.28. The monoisotopic (exact) mass is 340 g/mol. The molecule has 0 saturated carbocycles. The molecule has 0 bridgehead atoms. The maximum Gasteiger partial charge on any atom is 0.224 e. The third-order valence-electron chi connectivity index (χ3n) is 5.59. The molecule has 0 aliphatic carbocycles. The van der Waals surface area contributed by atoms with Crippen LogP contribution in [0.2, 0.25) is 0 Å². The van der Waals surface area contributed by atoms with Gasteiger partial charge in [0.15, 0.2) is 0 Å². The van der Waals surface area contributed by atoms with E-state index in [2.05, 4.69) is 11.8 Å². The lowest BCUT2D eigenvalue weighted by Gasteiger charge is -2.34. The van der Waals surface area contributed by atoms with Crippen LogP contribution < -0.4 is 0 Å². The zero-order chi connectivity index (χ0) is 16.8. The van der Waals surface area contributed by atoms with Crippen LogP contribution in [0.1, 0.15) is 32.6 Å². The van der Waals surface area contributed by atoms with Crippen molar-refractivity contribution in [2.24, 2.45) is 5.92 Å². The zero-order valence-electron chi connectivity index (χ0n) is 15.0. The molecule has 0 aromatic carbocycles. The number of carbonyl (C=O) groups excluding carboxylic acids is 1. The Morgan fingerprint density at radius 1 is 1.21 bits per heavy atom. The summed E-state index contributed by atoms with van der Waals surface area (Å²) in [7, 11) is 0. The summed E-state index contributed by atoms with van der Waals surface area (Å²) in [5, 5.41) is 0. The first-order valence-corrected chi connectivity index (χ1v) is 9.57. The second-order valence-electron chi connectivity index (χ2n) is 7.14. The standard InChI is InChI=1S/C18H32N2O4/c1-2-15-12-20(13-17(15)19-6-10-22-11-7-19)18(21)5-9-23-14-16-4-3-8-24-16/h15-17H,2-14H2,1H3/t15-,16-,17+/m1/s1. The summed E-state index contributed by atoms with van der Waals surface area (Å²) in [5.74, 6) is 0.816. The van der Waals surface area contributed by atoms with Crippen LogP contribution in [0.15, 0.2) is 0 Å². The van der Waals surface area contributed by atoms with Crippen LogP contribution in [0, 0.1) is 5.92 Å². The van der Waals surface area contributed by atoms with Crippen molar-refractivity contribution in [3.63, 3.8) is 0 Å². The highest BCUT2D eigenvalue weighted by molar-refractivity contribution is 5.76. The number of rotatable bonds is 7. The van der Waals surface area contributed by atoms with E-state index in [-0.39, 0.29) is 12.0 Å². The molecule has 6 heteroatoms. The molecule has 0 radical (unpaired) electrons. The Bertz CT molecular complexity index is 394. The second-order valence-corrected chi connectivity index (χ2v) is 7.14. The van der Waals surface area contributed by atoms with Crippen molar-refractivity contribution in [2.45, 2.75) is 44.8 Å². The number of ether oxygens (including phenoxy) is 3. The van der Waals surface area contributed by atoms with Crippen molar-refractivity contribution in [1.29, 1.82) is 0 Å². The summed E-state index contributed by atoms with van der Waals surface area (Å²) in [5.41, 5.74) is 0. The Labute approximate surface area is 145 Å². The fourth-order valence-corrected chi connectivity index (χ4v) is 4.09. The van der Waals surface area contributed by atoms with Crippen LogP contribution in [0.4, 0.5) is 0 Å². The first-order chi connectivity index (χ1) is 11.8. The van der Waals surface area contributed by atoms with Gasteiger partial charge >= 0.3 is 0 Å². The van der Waals surface area contributed by atoms with E-state index in [1.54, 1.807) is 0 Å². The summed E-state index contributed by atoms with van der Waals surface area (Å²) in [6, 6.07) is 0.496. The number of amides is 1. The van der Waals surface area contributed by atoms with Crippen LogP contribution in [0.25, 0.3) is 0 Å². The average molecular weight is 340 g/mol. The predicted molar refractivity (Wildman–Crippen MR) is 91.0 cm³/mol. The molecule has 0 aromatic heterocycles. The van der Waals surface area contributed by atoms with E-state index in [0.717, 1.165) is 65.3 Å². The van der Waals surface area contributed by atoms with Crippen molar-refractivity contribution < 1.29 is 19.0 Å². The second kappa shape index (κ2) is 9.13. The van der Waals surface area contributed by atoms with E-state index in [9.17, 15) is 4.79 Å². The molecule has 138 valence electrons. The molecular weight excluding hydrogens is 308 g/mol. The minimum atomic E-state index is 0.233. The fraction of sp³-hybridized carbons (Fsp3) is 0.944. The quantitative estimate of drug-likeness (QED) is 0.651. The molecule has 0 unspecified atom stereocenters. The van der Waals surface area contributed by atoms with Crippen LogP contribution in [-0.4, -0.2) is 87.1 Å². The van der Waals surface area contributed by atoms with E-state index < -0.39 is 0 Å². The molecular formula is C18H32N2O4. The van der Waals surface area contributed by atoms with E-state index in [1.165, 1.54) is 0 Å². The first kappa shape index (κ1) is 18.1. The van der Waals surface area contributed by atoms with Crippen LogP contribution in [0.5, 0.6) is 0 Å². The lowest BCUT2D eigenvalue weighted by atomic mass is 9.99. The minimum absolute atomic E-state index is 0.233. The number of hydrogen-bond donors (Lipinski definition) is 0.